The molecule has 1 amide bonds. The monoisotopic (exact) mass is 399 g/mol. The van der Waals surface area contributed by atoms with E-state index in [0.29, 0.717) is 31.2 Å². The zero-order valence-corrected chi connectivity index (χ0v) is 16.5. The zero-order chi connectivity index (χ0) is 18.6. The third-order valence-corrected chi connectivity index (χ3v) is 7.20. The highest BCUT2D eigenvalue weighted by atomic mass is 35.5. The van der Waals surface area contributed by atoms with Gasteiger partial charge in [0.2, 0.25) is 15.9 Å². The Kier molecular flexibility index (Phi) is 6.42. The molecule has 2 aliphatic rings. The Bertz CT molecular complexity index is 727. The number of rotatable bonds is 5. The first-order valence-electron chi connectivity index (χ1n) is 9.22. The van der Waals surface area contributed by atoms with Crippen molar-refractivity contribution in [3.05, 3.63) is 29.3 Å². The molecule has 0 bridgehead atoms. The Labute approximate surface area is 160 Å². The quantitative estimate of drug-likeness (QED) is 0.761. The molecular weight excluding hydrogens is 374 g/mol. The number of sulfonamides is 1. The van der Waals surface area contributed by atoms with Gasteiger partial charge in [0.05, 0.1) is 5.75 Å². The molecule has 2 saturated heterocycles. The molecule has 0 radical (unpaired) electrons. The molecule has 6 nitrogen and oxygen atoms in total. The molecule has 8 heteroatoms. The number of nitrogens with zero attached hydrogens (tertiary/aromatic N) is 3. The van der Waals surface area contributed by atoms with Crippen LogP contribution in [0.5, 0.6) is 0 Å². The summed E-state index contributed by atoms with van der Waals surface area (Å²) in [5.41, 5.74) is 1.05. The topological polar surface area (TPSA) is 60.9 Å². The van der Waals surface area contributed by atoms with Crippen molar-refractivity contribution in [2.45, 2.75) is 25.7 Å². The van der Waals surface area contributed by atoms with E-state index < -0.39 is 10.0 Å². The Balaban J connectivity index is 1.47. The van der Waals surface area contributed by atoms with Gasteiger partial charge in [0.25, 0.3) is 0 Å². The van der Waals surface area contributed by atoms with Crippen molar-refractivity contribution in [1.82, 2.24) is 9.21 Å². The molecule has 3 rings (SSSR count). The smallest absolute Gasteiger partial charge is 0.223 e. The summed E-state index contributed by atoms with van der Waals surface area (Å²) in [6, 6.07) is 7.69. The van der Waals surface area contributed by atoms with Crippen LogP contribution in [0.15, 0.2) is 24.3 Å². The minimum atomic E-state index is -3.31. The highest BCUT2D eigenvalue weighted by molar-refractivity contribution is 7.89. The molecule has 0 N–H and O–H groups in total. The SMILES string of the molecule is O=C(CCS(=O)(=O)N1CCCCC1)N1CCN(c2cccc(Cl)c2)CC1. The van der Waals surface area contributed by atoms with Crippen LogP contribution in [-0.4, -0.2) is 68.6 Å². The summed E-state index contributed by atoms with van der Waals surface area (Å²) in [6.45, 7) is 3.85. The Morgan fingerprint density at radius 1 is 1.00 bits per heavy atom. The maximum absolute atomic E-state index is 12.4. The van der Waals surface area contributed by atoms with Gasteiger partial charge in [-0.1, -0.05) is 24.1 Å². The second kappa shape index (κ2) is 8.59. The first-order chi connectivity index (χ1) is 12.5. The minimum absolute atomic E-state index is 0.0655. The van der Waals surface area contributed by atoms with Crippen LogP contribution in [0, 0.1) is 0 Å². The summed E-state index contributed by atoms with van der Waals surface area (Å²) >= 11 is 6.04. The van der Waals surface area contributed by atoms with Gasteiger partial charge in [0.1, 0.15) is 0 Å². The van der Waals surface area contributed by atoms with Gasteiger partial charge in [-0.2, -0.15) is 0 Å². The molecule has 2 aliphatic heterocycles. The number of piperidine rings is 1. The number of benzene rings is 1. The fourth-order valence-electron chi connectivity index (χ4n) is 3.53. The van der Waals surface area contributed by atoms with Crippen LogP contribution in [-0.2, 0) is 14.8 Å². The fourth-order valence-corrected chi connectivity index (χ4v) is 5.22. The van der Waals surface area contributed by atoms with Crippen molar-refractivity contribution in [1.29, 1.82) is 0 Å². The average Bonchev–Trinajstić information content (AvgIpc) is 2.67. The van der Waals surface area contributed by atoms with Crippen molar-refractivity contribution in [2.75, 3.05) is 49.9 Å². The van der Waals surface area contributed by atoms with Crippen LogP contribution >= 0.6 is 11.6 Å². The molecule has 0 aliphatic carbocycles. The van der Waals surface area contributed by atoms with Gasteiger partial charge in [-0.3, -0.25) is 4.79 Å². The number of hydrogen-bond donors (Lipinski definition) is 0. The summed E-state index contributed by atoms with van der Waals surface area (Å²) in [6.07, 6.45) is 2.98. The highest BCUT2D eigenvalue weighted by Gasteiger charge is 2.27. The van der Waals surface area contributed by atoms with Crippen LogP contribution in [0.25, 0.3) is 0 Å². The summed E-state index contributed by atoms with van der Waals surface area (Å²) < 4.78 is 26.3. The van der Waals surface area contributed by atoms with E-state index in [0.717, 1.165) is 38.0 Å². The zero-order valence-electron chi connectivity index (χ0n) is 14.9. The molecule has 0 saturated carbocycles. The predicted octanol–water partition coefficient (Wildman–Crippen LogP) is 2.19. The van der Waals surface area contributed by atoms with E-state index in [1.807, 2.05) is 24.3 Å². The van der Waals surface area contributed by atoms with E-state index in [9.17, 15) is 13.2 Å². The summed E-state index contributed by atoms with van der Waals surface area (Å²) in [7, 11) is -3.31. The van der Waals surface area contributed by atoms with Gasteiger partial charge in [-0.05, 0) is 31.0 Å². The van der Waals surface area contributed by atoms with Crippen LogP contribution in [0.2, 0.25) is 5.02 Å². The van der Waals surface area contributed by atoms with Crippen molar-refractivity contribution < 1.29 is 13.2 Å². The molecule has 144 valence electrons. The van der Waals surface area contributed by atoms with Crippen LogP contribution in [0.1, 0.15) is 25.7 Å². The van der Waals surface area contributed by atoms with E-state index in [2.05, 4.69) is 4.90 Å². The molecule has 0 spiro atoms. The summed E-state index contributed by atoms with van der Waals surface area (Å²) in [4.78, 5) is 16.4. The number of anilines is 1. The van der Waals surface area contributed by atoms with Crippen molar-refractivity contribution in [2.24, 2.45) is 0 Å². The molecule has 2 heterocycles. The van der Waals surface area contributed by atoms with Gasteiger partial charge < -0.3 is 9.80 Å². The molecule has 0 unspecified atom stereocenters. The van der Waals surface area contributed by atoms with Gasteiger partial charge in [-0.25, -0.2) is 12.7 Å². The number of hydrogen-bond acceptors (Lipinski definition) is 4. The third kappa shape index (κ3) is 4.90. The predicted molar refractivity (Wildman–Crippen MR) is 104 cm³/mol. The lowest BCUT2D eigenvalue weighted by Crippen LogP contribution is -2.49. The van der Waals surface area contributed by atoms with Crippen LogP contribution in [0.4, 0.5) is 5.69 Å². The van der Waals surface area contributed by atoms with E-state index in [-0.39, 0.29) is 18.1 Å². The Hall–Kier alpha value is -1.31. The lowest BCUT2D eigenvalue weighted by molar-refractivity contribution is -0.131. The van der Waals surface area contributed by atoms with Crippen molar-refractivity contribution in [3.8, 4) is 0 Å². The number of carbonyl (C=O) groups is 1. The first-order valence-corrected chi connectivity index (χ1v) is 11.2. The van der Waals surface area contributed by atoms with Gasteiger partial charge in [0.15, 0.2) is 0 Å². The molecule has 1 aromatic rings. The largest absolute Gasteiger partial charge is 0.368 e. The number of piperazine rings is 1. The number of halogens is 1. The lowest BCUT2D eigenvalue weighted by Gasteiger charge is -2.36. The van der Waals surface area contributed by atoms with Crippen molar-refractivity contribution in [3.63, 3.8) is 0 Å². The maximum Gasteiger partial charge on any atom is 0.223 e. The normalized spacial score (nSPS) is 19.6. The average molecular weight is 400 g/mol. The standard InChI is InChI=1S/C18H26ClN3O3S/c19-16-5-4-6-17(15-16)20-10-12-21(13-11-20)18(23)7-14-26(24,25)22-8-2-1-3-9-22/h4-6,15H,1-3,7-14H2. The molecule has 1 aromatic carbocycles. The van der Waals surface area contributed by atoms with Gasteiger partial charge in [0, 0.05) is 56.4 Å². The summed E-state index contributed by atoms with van der Waals surface area (Å²) in [5.74, 6) is -0.156. The van der Waals surface area contributed by atoms with Crippen LogP contribution < -0.4 is 4.90 Å². The maximum atomic E-state index is 12.4. The first kappa shape index (κ1) is 19.5. The highest BCUT2D eigenvalue weighted by Crippen LogP contribution is 2.21. The molecule has 2 fully saturated rings. The Morgan fingerprint density at radius 2 is 1.69 bits per heavy atom. The summed E-state index contributed by atoms with van der Waals surface area (Å²) in [5, 5.41) is 0.698. The Morgan fingerprint density at radius 3 is 2.35 bits per heavy atom. The number of amides is 1. The second-order valence-electron chi connectivity index (χ2n) is 6.87. The third-order valence-electron chi connectivity index (χ3n) is 5.09. The number of carbonyl (C=O) groups excluding carboxylic acids is 1. The van der Waals surface area contributed by atoms with Gasteiger partial charge in [-0.15, -0.1) is 0 Å². The molecule has 0 atom stereocenters. The van der Waals surface area contributed by atoms with Crippen molar-refractivity contribution >= 4 is 33.2 Å². The second-order valence-corrected chi connectivity index (χ2v) is 9.40. The minimum Gasteiger partial charge on any atom is -0.368 e. The van der Waals surface area contributed by atoms with E-state index in [1.165, 1.54) is 0 Å². The van der Waals surface area contributed by atoms with E-state index in [4.69, 9.17) is 11.6 Å². The molecular formula is C18H26ClN3O3S. The van der Waals surface area contributed by atoms with E-state index >= 15 is 0 Å². The molecule has 0 aromatic heterocycles. The molecule has 26 heavy (non-hydrogen) atoms. The van der Waals surface area contributed by atoms with Crippen LogP contribution in [0.3, 0.4) is 0 Å². The fraction of sp³-hybridized carbons (Fsp3) is 0.611. The van der Waals surface area contributed by atoms with E-state index in [1.54, 1.807) is 9.21 Å². The van der Waals surface area contributed by atoms with Gasteiger partial charge >= 0.3 is 0 Å². The lowest BCUT2D eigenvalue weighted by atomic mass is 10.2.